The van der Waals surface area contributed by atoms with Crippen molar-refractivity contribution >= 4 is 11.8 Å². The van der Waals surface area contributed by atoms with Gasteiger partial charge in [0.05, 0.1) is 0 Å². The molecule has 0 aliphatic carbocycles. The van der Waals surface area contributed by atoms with E-state index in [1.807, 2.05) is 11.8 Å². The highest BCUT2D eigenvalue weighted by atomic mass is 32.2. The Hall–Kier alpha value is 0.270. The van der Waals surface area contributed by atoms with Crippen molar-refractivity contribution in [3.05, 3.63) is 0 Å². The molecule has 0 aromatic carbocycles. The first-order valence-corrected chi connectivity index (χ1v) is 4.87. The fourth-order valence-corrected chi connectivity index (χ4v) is 2.22. The second-order valence-electron chi connectivity index (χ2n) is 2.70. The van der Waals surface area contributed by atoms with Gasteiger partial charge >= 0.3 is 0 Å². The molecule has 2 atom stereocenters. The zero-order valence-corrected chi connectivity index (χ0v) is 7.10. The summed E-state index contributed by atoms with van der Waals surface area (Å²) in [5.74, 6) is 2.26. The lowest BCUT2D eigenvalue weighted by atomic mass is 10.2. The molecule has 1 radical (unpaired) electrons. The predicted molar refractivity (Wildman–Crippen MR) is 44.4 cm³/mol. The van der Waals surface area contributed by atoms with Crippen LogP contribution in [-0.4, -0.2) is 35.3 Å². The molecular formula is C7H14NOS. The van der Waals surface area contributed by atoms with Gasteiger partial charge < -0.3 is 5.11 Å². The van der Waals surface area contributed by atoms with E-state index in [0.717, 1.165) is 17.9 Å². The van der Waals surface area contributed by atoms with Gasteiger partial charge in [0.1, 0.15) is 0 Å². The van der Waals surface area contributed by atoms with E-state index in [1.165, 1.54) is 0 Å². The molecule has 2 nitrogen and oxygen atoms in total. The molecule has 2 unspecified atom stereocenters. The summed E-state index contributed by atoms with van der Waals surface area (Å²) in [7, 11) is 0. The number of aliphatic hydroxyl groups excluding tert-OH is 1. The van der Waals surface area contributed by atoms with Crippen LogP contribution in [0.1, 0.15) is 13.3 Å². The Balaban J connectivity index is 2.18. The Kier molecular flexibility index (Phi) is 3.52. The average Bonchev–Trinajstić information content (AvgIpc) is 1.88. The van der Waals surface area contributed by atoms with Gasteiger partial charge in [-0.2, -0.15) is 11.8 Å². The van der Waals surface area contributed by atoms with Crippen molar-refractivity contribution in [2.75, 3.05) is 18.1 Å². The molecule has 1 heterocycles. The molecule has 1 rings (SSSR count). The summed E-state index contributed by atoms with van der Waals surface area (Å²) < 4.78 is 0. The van der Waals surface area contributed by atoms with Crippen LogP contribution in [0.15, 0.2) is 0 Å². The monoisotopic (exact) mass is 160 g/mol. The van der Waals surface area contributed by atoms with Gasteiger partial charge in [0.2, 0.25) is 0 Å². The van der Waals surface area contributed by atoms with E-state index < -0.39 is 0 Å². The number of aliphatic hydroxyl groups is 1. The smallest absolute Gasteiger partial charge is 0.0446 e. The van der Waals surface area contributed by atoms with E-state index in [-0.39, 0.29) is 6.61 Å². The van der Waals surface area contributed by atoms with Crippen LogP contribution in [0.2, 0.25) is 0 Å². The van der Waals surface area contributed by atoms with Crippen LogP contribution in [0.25, 0.3) is 0 Å². The lowest BCUT2D eigenvalue weighted by molar-refractivity contribution is 0.264. The van der Waals surface area contributed by atoms with Crippen molar-refractivity contribution in [3.8, 4) is 0 Å². The third-order valence-corrected chi connectivity index (χ3v) is 2.94. The van der Waals surface area contributed by atoms with Crippen molar-refractivity contribution in [3.63, 3.8) is 0 Å². The van der Waals surface area contributed by atoms with Gasteiger partial charge in [-0.25, -0.2) is 5.32 Å². The van der Waals surface area contributed by atoms with E-state index in [4.69, 9.17) is 5.11 Å². The van der Waals surface area contributed by atoms with Gasteiger partial charge in [-0.15, -0.1) is 0 Å². The second-order valence-corrected chi connectivity index (χ2v) is 3.78. The largest absolute Gasteiger partial charge is 0.396 e. The van der Waals surface area contributed by atoms with Gasteiger partial charge in [-0.3, -0.25) is 0 Å². The van der Waals surface area contributed by atoms with Crippen LogP contribution in [-0.2, 0) is 0 Å². The molecule has 0 saturated carbocycles. The molecule has 1 fully saturated rings. The van der Waals surface area contributed by atoms with E-state index in [2.05, 4.69) is 12.2 Å². The maximum Gasteiger partial charge on any atom is 0.0446 e. The highest BCUT2D eigenvalue weighted by molar-refractivity contribution is 7.99. The fourth-order valence-electron chi connectivity index (χ4n) is 1.13. The first kappa shape index (κ1) is 8.37. The first-order valence-electron chi connectivity index (χ1n) is 3.71. The lowest BCUT2D eigenvalue weighted by Gasteiger charge is -2.25. The summed E-state index contributed by atoms with van der Waals surface area (Å²) in [6.45, 7) is 2.41. The highest BCUT2D eigenvalue weighted by Gasteiger charge is 2.18. The van der Waals surface area contributed by atoms with Crippen molar-refractivity contribution < 1.29 is 5.11 Å². The minimum Gasteiger partial charge on any atom is -0.396 e. The van der Waals surface area contributed by atoms with Crippen molar-refractivity contribution in [2.24, 2.45) is 0 Å². The third-order valence-electron chi connectivity index (χ3n) is 1.60. The first-order chi connectivity index (χ1) is 4.83. The van der Waals surface area contributed by atoms with Crippen LogP contribution in [0.5, 0.6) is 0 Å². The van der Waals surface area contributed by atoms with E-state index in [0.29, 0.717) is 12.1 Å². The normalized spacial score (nSPS) is 34.2. The lowest BCUT2D eigenvalue weighted by Crippen LogP contribution is -2.38. The number of hydrogen-bond donors (Lipinski definition) is 1. The SMILES string of the molecule is CC1CSCC(CCO)[N]1. The quantitative estimate of drug-likeness (QED) is 0.637. The molecule has 10 heavy (non-hydrogen) atoms. The zero-order chi connectivity index (χ0) is 7.40. The van der Waals surface area contributed by atoms with Gasteiger partial charge in [0, 0.05) is 30.2 Å². The fraction of sp³-hybridized carbons (Fsp3) is 1.00. The van der Waals surface area contributed by atoms with Crippen LogP contribution in [0, 0.1) is 0 Å². The summed E-state index contributed by atoms with van der Waals surface area (Å²) in [6.07, 6.45) is 0.845. The molecule has 1 aliphatic rings. The van der Waals surface area contributed by atoms with E-state index in [9.17, 15) is 0 Å². The minimum absolute atomic E-state index is 0.279. The maximum absolute atomic E-state index is 8.64. The van der Waals surface area contributed by atoms with Gasteiger partial charge in [0.25, 0.3) is 0 Å². The molecule has 3 heteroatoms. The molecule has 0 bridgehead atoms. The molecule has 1 saturated heterocycles. The van der Waals surface area contributed by atoms with Crippen LogP contribution in [0.3, 0.4) is 0 Å². The molecule has 0 aromatic rings. The Morgan fingerprint density at radius 1 is 1.60 bits per heavy atom. The zero-order valence-electron chi connectivity index (χ0n) is 6.29. The second kappa shape index (κ2) is 4.21. The van der Waals surface area contributed by atoms with E-state index in [1.54, 1.807) is 0 Å². The molecule has 1 N–H and O–H groups in total. The Bertz CT molecular complexity index is 97.6. The average molecular weight is 160 g/mol. The molecular weight excluding hydrogens is 146 g/mol. The highest BCUT2D eigenvalue weighted by Crippen LogP contribution is 2.15. The molecule has 0 spiro atoms. The Morgan fingerprint density at radius 3 is 3.00 bits per heavy atom. The summed E-state index contributed by atoms with van der Waals surface area (Å²) in [5, 5.41) is 13.1. The predicted octanol–water partition coefficient (Wildman–Crippen LogP) is 0.477. The van der Waals surface area contributed by atoms with Gasteiger partial charge in [0.15, 0.2) is 0 Å². The molecule has 59 valence electrons. The standard InChI is InChI=1S/C7H14NOS/c1-6-4-10-5-7(8-6)2-3-9/h6-7,9H,2-5H2,1H3. The van der Waals surface area contributed by atoms with Crippen molar-refractivity contribution in [2.45, 2.75) is 25.4 Å². The number of rotatable bonds is 2. The number of hydrogen-bond acceptors (Lipinski definition) is 2. The summed E-state index contributed by atoms with van der Waals surface area (Å²) in [6, 6.07) is 0.911. The van der Waals surface area contributed by atoms with E-state index >= 15 is 0 Å². The minimum atomic E-state index is 0.279. The van der Waals surface area contributed by atoms with Crippen molar-refractivity contribution in [1.82, 2.24) is 5.32 Å². The van der Waals surface area contributed by atoms with Crippen LogP contribution in [0.4, 0.5) is 0 Å². The number of nitrogens with zero attached hydrogens (tertiary/aromatic N) is 1. The topological polar surface area (TPSA) is 34.3 Å². The van der Waals surface area contributed by atoms with Crippen molar-refractivity contribution in [1.29, 1.82) is 0 Å². The third kappa shape index (κ3) is 2.48. The summed E-state index contributed by atoms with van der Waals surface area (Å²) >= 11 is 1.95. The Labute approximate surface area is 66.4 Å². The van der Waals surface area contributed by atoms with Gasteiger partial charge in [-0.1, -0.05) is 0 Å². The molecule has 0 aromatic heterocycles. The molecule has 1 aliphatic heterocycles. The van der Waals surface area contributed by atoms with Gasteiger partial charge in [-0.05, 0) is 13.3 Å². The summed E-state index contributed by atoms with van der Waals surface area (Å²) in [5.41, 5.74) is 0. The Morgan fingerprint density at radius 2 is 2.40 bits per heavy atom. The molecule has 0 amide bonds. The van der Waals surface area contributed by atoms with Crippen LogP contribution < -0.4 is 5.32 Å². The van der Waals surface area contributed by atoms with Crippen LogP contribution >= 0.6 is 11.8 Å². The summed E-state index contributed by atoms with van der Waals surface area (Å²) in [4.78, 5) is 0. The number of thioether (sulfide) groups is 1. The maximum atomic E-state index is 8.64.